The van der Waals surface area contributed by atoms with Crippen molar-refractivity contribution >= 4 is 29.7 Å². The minimum atomic E-state index is -1.75. The number of hydrogen-bond acceptors (Lipinski definition) is 7. The van der Waals surface area contributed by atoms with E-state index in [0.717, 1.165) is 0 Å². The molecule has 184 valence electrons. The largest absolute Gasteiger partial charge is 0.481 e. The predicted octanol–water partition coefficient (Wildman–Crippen LogP) is -1.20. The second-order valence-electron chi connectivity index (χ2n) is 8.33. The van der Waals surface area contributed by atoms with Crippen LogP contribution in [0.4, 0.5) is 0 Å². The summed E-state index contributed by atoms with van der Waals surface area (Å²) in [5.74, 6) is -5.56. The summed E-state index contributed by atoms with van der Waals surface area (Å²) in [5.41, 5.74) is 5.92. The molecule has 0 bridgehead atoms. The van der Waals surface area contributed by atoms with Gasteiger partial charge in [-0.15, -0.1) is 0 Å². The Hall–Kier alpha value is -2.73. The van der Waals surface area contributed by atoms with Gasteiger partial charge in [0.25, 0.3) is 0 Å². The number of nitrogens with one attached hydrogen (secondary N) is 3. The summed E-state index contributed by atoms with van der Waals surface area (Å²) in [5, 5.41) is 34.7. The van der Waals surface area contributed by atoms with E-state index in [0.29, 0.717) is 6.42 Å². The van der Waals surface area contributed by atoms with Gasteiger partial charge in [0, 0.05) is 0 Å². The third-order valence-corrected chi connectivity index (χ3v) is 4.96. The lowest BCUT2D eigenvalue weighted by atomic mass is 9.97. The number of hydrogen-bond donors (Lipinski definition) is 7. The summed E-state index contributed by atoms with van der Waals surface area (Å²) in [7, 11) is 0. The highest BCUT2D eigenvalue weighted by atomic mass is 16.4. The van der Waals surface area contributed by atoms with Crippen LogP contribution >= 0.6 is 0 Å². The van der Waals surface area contributed by atoms with Crippen molar-refractivity contribution in [3.63, 3.8) is 0 Å². The second kappa shape index (κ2) is 13.6. The number of carbonyl (C=O) groups excluding carboxylic acids is 3. The minimum Gasteiger partial charge on any atom is -0.481 e. The molecule has 0 saturated carbocycles. The highest BCUT2D eigenvalue weighted by molar-refractivity contribution is 5.95. The molecule has 0 heterocycles. The summed E-state index contributed by atoms with van der Waals surface area (Å²) in [6.45, 7) is 8.52. The molecule has 3 amide bonds. The first-order valence-electron chi connectivity index (χ1n) is 10.5. The summed E-state index contributed by atoms with van der Waals surface area (Å²) in [6, 6.07) is -5.22. The van der Waals surface area contributed by atoms with Gasteiger partial charge in [0.05, 0.1) is 18.6 Å². The molecule has 0 aromatic carbocycles. The lowest BCUT2D eigenvalue weighted by molar-refractivity contribution is -0.148. The van der Waals surface area contributed by atoms with Crippen molar-refractivity contribution in [3.05, 3.63) is 0 Å². The van der Waals surface area contributed by atoms with Gasteiger partial charge in [-0.3, -0.25) is 19.2 Å². The number of rotatable bonds is 14. The smallest absolute Gasteiger partial charge is 0.326 e. The molecule has 6 unspecified atom stereocenters. The van der Waals surface area contributed by atoms with Crippen molar-refractivity contribution in [2.75, 3.05) is 0 Å². The molecule has 32 heavy (non-hydrogen) atoms. The first kappa shape index (κ1) is 29.3. The summed E-state index contributed by atoms with van der Waals surface area (Å²) in [6.07, 6.45) is -1.45. The van der Waals surface area contributed by atoms with Crippen LogP contribution in [0, 0.1) is 11.8 Å². The molecule has 0 aliphatic carbocycles. The highest BCUT2D eigenvalue weighted by Gasteiger charge is 2.33. The van der Waals surface area contributed by atoms with E-state index in [9.17, 15) is 29.1 Å². The lowest BCUT2D eigenvalue weighted by Crippen LogP contribution is -2.60. The Morgan fingerprint density at radius 3 is 1.78 bits per heavy atom. The monoisotopic (exact) mass is 460 g/mol. The van der Waals surface area contributed by atoms with E-state index < -0.39 is 66.4 Å². The molecular weight excluding hydrogens is 424 g/mol. The Morgan fingerprint density at radius 2 is 1.38 bits per heavy atom. The topological polar surface area (TPSA) is 208 Å². The number of amides is 3. The Balaban J connectivity index is 5.48. The first-order valence-corrected chi connectivity index (χ1v) is 10.5. The Kier molecular flexibility index (Phi) is 12.5. The van der Waals surface area contributed by atoms with E-state index in [1.807, 2.05) is 26.1 Å². The van der Waals surface area contributed by atoms with Gasteiger partial charge in [0.15, 0.2) is 0 Å². The molecule has 8 N–H and O–H groups in total. The molecule has 0 saturated heterocycles. The van der Waals surface area contributed by atoms with Crippen LogP contribution in [0.2, 0.25) is 0 Å². The van der Waals surface area contributed by atoms with Crippen LogP contribution < -0.4 is 21.7 Å². The molecular formula is C20H36N4O8. The molecule has 0 aliphatic heterocycles. The van der Waals surface area contributed by atoms with Crippen LogP contribution in [-0.4, -0.2) is 75.3 Å². The van der Waals surface area contributed by atoms with Crippen molar-refractivity contribution < 1.29 is 39.3 Å². The number of aliphatic carboxylic acids is 2. The van der Waals surface area contributed by atoms with Gasteiger partial charge in [-0.2, -0.15) is 0 Å². The number of aliphatic hydroxyl groups excluding tert-OH is 1. The molecule has 0 spiro atoms. The maximum Gasteiger partial charge on any atom is 0.326 e. The fourth-order valence-electron chi connectivity index (χ4n) is 2.78. The standard InChI is InChI=1S/C20H36N4O8/c1-6-10(4)15(21)18(29)22-12(7-9(2)3)17(28)24-16(11(5)25)19(30)23-13(20(31)32)8-14(26)27/h9-13,15-16,25H,6-8,21H2,1-5H3,(H,22,29)(H,23,30)(H,24,28)(H,26,27)(H,31,32). The number of nitrogens with two attached hydrogens (primary N) is 1. The molecule has 12 heteroatoms. The van der Waals surface area contributed by atoms with Crippen molar-refractivity contribution in [1.82, 2.24) is 16.0 Å². The number of carboxylic acid groups (broad SMARTS) is 2. The van der Waals surface area contributed by atoms with E-state index in [1.165, 1.54) is 6.92 Å². The maximum atomic E-state index is 12.8. The molecule has 12 nitrogen and oxygen atoms in total. The second-order valence-corrected chi connectivity index (χ2v) is 8.33. The van der Waals surface area contributed by atoms with E-state index in [-0.39, 0.29) is 18.3 Å². The van der Waals surface area contributed by atoms with Crippen molar-refractivity contribution in [1.29, 1.82) is 0 Å². The average molecular weight is 461 g/mol. The van der Waals surface area contributed by atoms with Crippen molar-refractivity contribution in [3.8, 4) is 0 Å². The van der Waals surface area contributed by atoms with Gasteiger partial charge in [0.2, 0.25) is 17.7 Å². The fourth-order valence-corrected chi connectivity index (χ4v) is 2.78. The van der Waals surface area contributed by atoms with Crippen LogP contribution in [-0.2, 0) is 24.0 Å². The summed E-state index contributed by atoms with van der Waals surface area (Å²) >= 11 is 0. The molecule has 0 aliphatic rings. The zero-order chi connectivity index (χ0) is 25.2. The Labute approximate surface area is 187 Å². The molecule has 0 radical (unpaired) electrons. The summed E-state index contributed by atoms with van der Waals surface area (Å²) < 4.78 is 0. The summed E-state index contributed by atoms with van der Waals surface area (Å²) in [4.78, 5) is 59.8. The molecule has 6 atom stereocenters. The zero-order valence-corrected chi connectivity index (χ0v) is 19.1. The van der Waals surface area contributed by atoms with E-state index in [1.54, 1.807) is 6.92 Å². The van der Waals surface area contributed by atoms with E-state index in [2.05, 4.69) is 10.6 Å². The van der Waals surface area contributed by atoms with Gasteiger partial charge < -0.3 is 37.0 Å². The molecule has 0 aromatic rings. The van der Waals surface area contributed by atoms with E-state index in [4.69, 9.17) is 15.9 Å². The average Bonchev–Trinajstić information content (AvgIpc) is 2.68. The van der Waals surface area contributed by atoms with Crippen LogP contribution in [0.5, 0.6) is 0 Å². The van der Waals surface area contributed by atoms with Gasteiger partial charge in [-0.05, 0) is 25.2 Å². The predicted molar refractivity (Wildman–Crippen MR) is 114 cm³/mol. The number of carbonyl (C=O) groups is 5. The van der Waals surface area contributed by atoms with Crippen LogP contribution in [0.1, 0.15) is 53.9 Å². The van der Waals surface area contributed by atoms with Gasteiger partial charge in [-0.25, -0.2) is 4.79 Å². The number of carboxylic acids is 2. The van der Waals surface area contributed by atoms with Gasteiger partial charge >= 0.3 is 11.9 Å². The molecule has 0 aromatic heterocycles. The molecule has 0 fully saturated rings. The third-order valence-electron chi connectivity index (χ3n) is 4.96. The fraction of sp³-hybridized carbons (Fsp3) is 0.750. The number of aliphatic hydroxyl groups is 1. The third kappa shape index (κ3) is 10.1. The van der Waals surface area contributed by atoms with Crippen molar-refractivity contribution in [2.24, 2.45) is 17.6 Å². The Bertz CT molecular complexity index is 683. The minimum absolute atomic E-state index is 0.0170. The maximum absolute atomic E-state index is 12.8. The normalized spacial score (nSPS) is 16.8. The van der Waals surface area contributed by atoms with Crippen molar-refractivity contribution in [2.45, 2.75) is 84.2 Å². The SMILES string of the molecule is CCC(C)C(N)C(=O)NC(CC(C)C)C(=O)NC(C(=O)NC(CC(=O)O)C(=O)O)C(C)O. The van der Waals surface area contributed by atoms with Gasteiger partial charge in [0.1, 0.15) is 18.1 Å². The molecule has 0 rings (SSSR count). The lowest BCUT2D eigenvalue weighted by Gasteiger charge is -2.27. The zero-order valence-electron chi connectivity index (χ0n) is 19.1. The van der Waals surface area contributed by atoms with E-state index >= 15 is 0 Å². The van der Waals surface area contributed by atoms with Crippen LogP contribution in [0.3, 0.4) is 0 Å². The highest BCUT2D eigenvalue weighted by Crippen LogP contribution is 2.10. The van der Waals surface area contributed by atoms with Crippen LogP contribution in [0.15, 0.2) is 0 Å². The quantitative estimate of drug-likeness (QED) is 0.166. The van der Waals surface area contributed by atoms with Gasteiger partial charge in [-0.1, -0.05) is 34.1 Å². The van der Waals surface area contributed by atoms with Crippen LogP contribution in [0.25, 0.3) is 0 Å². The Morgan fingerprint density at radius 1 is 0.844 bits per heavy atom. The first-order chi connectivity index (χ1) is 14.7.